The summed E-state index contributed by atoms with van der Waals surface area (Å²) in [7, 11) is 0. The van der Waals surface area contributed by atoms with Crippen molar-refractivity contribution in [2.24, 2.45) is 5.73 Å². The van der Waals surface area contributed by atoms with E-state index in [9.17, 15) is 5.26 Å². The van der Waals surface area contributed by atoms with E-state index in [1.165, 1.54) is 0 Å². The third-order valence-corrected chi connectivity index (χ3v) is 3.70. The highest BCUT2D eigenvalue weighted by Crippen LogP contribution is 2.44. The minimum absolute atomic E-state index is 0.0910. The molecule has 6 heteroatoms. The number of nitriles is 1. The zero-order chi connectivity index (χ0) is 15.9. The summed E-state index contributed by atoms with van der Waals surface area (Å²) in [6, 6.07) is 5.79. The van der Waals surface area contributed by atoms with Crippen molar-refractivity contribution in [2.45, 2.75) is 32.1 Å². The Hall–Kier alpha value is -2.81. The highest BCUT2D eigenvalue weighted by molar-refractivity contribution is 5.53. The molecule has 0 saturated heterocycles. The van der Waals surface area contributed by atoms with Crippen LogP contribution in [0.1, 0.15) is 43.5 Å². The molecule has 0 radical (unpaired) electrons. The molecule has 1 aliphatic rings. The molecule has 3 N–H and O–H groups in total. The molecule has 112 valence electrons. The van der Waals surface area contributed by atoms with Crippen LogP contribution in [0.25, 0.3) is 0 Å². The highest BCUT2D eigenvalue weighted by Gasteiger charge is 2.37. The van der Waals surface area contributed by atoms with Gasteiger partial charge in [0, 0.05) is 23.5 Å². The van der Waals surface area contributed by atoms with Crippen molar-refractivity contribution < 1.29 is 4.74 Å². The average molecular weight is 295 g/mol. The zero-order valence-electron chi connectivity index (χ0n) is 12.7. The summed E-state index contributed by atoms with van der Waals surface area (Å²) in [6.45, 7) is 6.25. The standard InChI is InChI=1S/C16H17N5O/c1-16(2,3)14-12-11(9-5-4-6-19-8-9)13(18)10(7-17)22-15(12)21-20-14/h4-6,8,11H,18H2,1-3H3,(H,20,21). The quantitative estimate of drug-likeness (QED) is 0.840. The monoisotopic (exact) mass is 295 g/mol. The number of nitrogens with two attached hydrogens (primary N) is 1. The summed E-state index contributed by atoms with van der Waals surface area (Å²) < 4.78 is 5.55. The molecule has 1 atom stereocenters. The number of aromatic nitrogens is 3. The molecule has 0 saturated carbocycles. The Bertz CT molecular complexity index is 777. The largest absolute Gasteiger partial charge is 0.424 e. The summed E-state index contributed by atoms with van der Waals surface area (Å²) >= 11 is 0. The second-order valence-electron chi connectivity index (χ2n) is 6.29. The van der Waals surface area contributed by atoms with Gasteiger partial charge in [-0.3, -0.25) is 10.1 Å². The predicted molar refractivity (Wildman–Crippen MR) is 80.8 cm³/mol. The number of pyridine rings is 1. The second kappa shape index (κ2) is 4.88. The van der Waals surface area contributed by atoms with Gasteiger partial charge in [-0.05, 0) is 11.6 Å². The van der Waals surface area contributed by atoms with Crippen LogP contribution in [0.5, 0.6) is 5.88 Å². The van der Waals surface area contributed by atoms with E-state index in [4.69, 9.17) is 10.5 Å². The van der Waals surface area contributed by atoms with Crippen LogP contribution in [-0.4, -0.2) is 15.2 Å². The normalized spacial score (nSPS) is 17.6. The lowest BCUT2D eigenvalue weighted by molar-refractivity contribution is 0.399. The van der Waals surface area contributed by atoms with E-state index in [1.807, 2.05) is 18.2 Å². The Balaban J connectivity index is 2.26. The fraction of sp³-hybridized carbons (Fsp3) is 0.312. The lowest BCUT2D eigenvalue weighted by Gasteiger charge is -2.27. The van der Waals surface area contributed by atoms with Gasteiger partial charge in [-0.15, -0.1) is 5.10 Å². The number of aromatic amines is 1. The van der Waals surface area contributed by atoms with Gasteiger partial charge < -0.3 is 10.5 Å². The molecule has 0 amide bonds. The van der Waals surface area contributed by atoms with Crippen LogP contribution in [-0.2, 0) is 5.41 Å². The molecule has 0 aromatic carbocycles. The van der Waals surface area contributed by atoms with Gasteiger partial charge in [-0.2, -0.15) is 5.26 Å². The number of hydrogen-bond donors (Lipinski definition) is 2. The van der Waals surface area contributed by atoms with E-state index in [0.717, 1.165) is 16.8 Å². The first kappa shape index (κ1) is 14.1. The van der Waals surface area contributed by atoms with E-state index in [-0.39, 0.29) is 17.1 Å². The second-order valence-corrected chi connectivity index (χ2v) is 6.29. The van der Waals surface area contributed by atoms with Crippen molar-refractivity contribution >= 4 is 0 Å². The Morgan fingerprint density at radius 2 is 2.18 bits per heavy atom. The van der Waals surface area contributed by atoms with Crippen molar-refractivity contribution in [3.05, 3.63) is 52.8 Å². The van der Waals surface area contributed by atoms with Gasteiger partial charge in [-0.25, -0.2) is 0 Å². The maximum Gasteiger partial charge on any atom is 0.243 e. The van der Waals surface area contributed by atoms with Crippen LogP contribution < -0.4 is 10.5 Å². The molecule has 1 unspecified atom stereocenters. The Morgan fingerprint density at radius 3 is 2.77 bits per heavy atom. The van der Waals surface area contributed by atoms with Crippen LogP contribution in [0, 0.1) is 11.3 Å². The molecule has 0 bridgehead atoms. The van der Waals surface area contributed by atoms with Gasteiger partial charge in [0.2, 0.25) is 11.6 Å². The van der Waals surface area contributed by atoms with Crippen LogP contribution in [0.15, 0.2) is 36.0 Å². The fourth-order valence-electron chi connectivity index (χ4n) is 2.67. The number of nitrogens with one attached hydrogen (secondary N) is 1. The van der Waals surface area contributed by atoms with Gasteiger partial charge >= 0.3 is 0 Å². The van der Waals surface area contributed by atoms with Crippen LogP contribution >= 0.6 is 0 Å². The van der Waals surface area contributed by atoms with Crippen molar-refractivity contribution in [3.8, 4) is 11.9 Å². The molecule has 1 aliphatic heterocycles. The number of fused-ring (bicyclic) bond motifs is 1. The number of ether oxygens (including phenoxy) is 1. The van der Waals surface area contributed by atoms with E-state index < -0.39 is 0 Å². The molecule has 3 heterocycles. The molecule has 0 aliphatic carbocycles. The van der Waals surface area contributed by atoms with Gasteiger partial charge in [0.05, 0.1) is 17.2 Å². The third-order valence-electron chi connectivity index (χ3n) is 3.70. The maximum absolute atomic E-state index is 9.25. The lowest BCUT2D eigenvalue weighted by atomic mass is 9.80. The molecular formula is C16H17N5O. The summed E-state index contributed by atoms with van der Waals surface area (Å²) in [6.07, 6.45) is 3.45. The molecule has 0 spiro atoms. The van der Waals surface area contributed by atoms with E-state index in [2.05, 4.69) is 36.0 Å². The fourth-order valence-corrected chi connectivity index (χ4v) is 2.67. The maximum atomic E-state index is 9.25. The first-order valence-corrected chi connectivity index (χ1v) is 6.99. The summed E-state index contributed by atoms with van der Waals surface area (Å²) in [5.74, 6) is 0.206. The van der Waals surface area contributed by atoms with Crippen LogP contribution in [0.2, 0.25) is 0 Å². The number of H-pyrrole nitrogens is 1. The summed E-state index contributed by atoms with van der Waals surface area (Å²) in [4.78, 5) is 4.16. The zero-order valence-corrected chi connectivity index (χ0v) is 12.7. The number of allylic oxidation sites excluding steroid dienone is 2. The lowest BCUT2D eigenvalue weighted by Crippen LogP contribution is -2.24. The Morgan fingerprint density at radius 1 is 1.41 bits per heavy atom. The van der Waals surface area contributed by atoms with E-state index in [0.29, 0.717) is 11.6 Å². The first-order valence-electron chi connectivity index (χ1n) is 6.99. The topological polar surface area (TPSA) is 101 Å². The van der Waals surface area contributed by atoms with Crippen LogP contribution in [0.3, 0.4) is 0 Å². The summed E-state index contributed by atoms with van der Waals surface area (Å²) in [5, 5.41) is 16.5. The highest BCUT2D eigenvalue weighted by atomic mass is 16.5. The SMILES string of the molecule is CC(C)(C)c1[nH]nc2c1C(c1cccnc1)C(N)=C(C#N)O2. The Kier molecular flexibility index (Phi) is 3.14. The molecule has 22 heavy (non-hydrogen) atoms. The minimum atomic E-state index is -0.292. The first-order chi connectivity index (χ1) is 10.4. The predicted octanol–water partition coefficient (Wildman–Crippen LogP) is 2.32. The van der Waals surface area contributed by atoms with Gasteiger partial charge in [-0.1, -0.05) is 26.8 Å². The number of hydrogen-bond acceptors (Lipinski definition) is 5. The van der Waals surface area contributed by atoms with Crippen molar-refractivity contribution in [1.29, 1.82) is 5.26 Å². The van der Waals surface area contributed by atoms with E-state index >= 15 is 0 Å². The van der Waals surface area contributed by atoms with Crippen molar-refractivity contribution in [3.63, 3.8) is 0 Å². The number of rotatable bonds is 1. The summed E-state index contributed by atoms with van der Waals surface area (Å²) in [5.41, 5.74) is 9.16. The molecular weight excluding hydrogens is 278 g/mol. The van der Waals surface area contributed by atoms with Crippen molar-refractivity contribution in [2.75, 3.05) is 0 Å². The molecule has 6 nitrogen and oxygen atoms in total. The third kappa shape index (κ3) is 2.11. The van der Waals surface area contributed by atoms with Gasteiger partial charge in [0.25, 0.3) is 0 Å². The van der Waals surface area contributed by atoms with Gasteiger partial charge in [0.1, 0.15) is 6.07 Å². The molecule has 2 aromatic heterocycles. The average Bonchev–Trinajstić information content (AvgIpc) is 2.91. The smallest absolute Gasteiger partial charge is 0.243 e. The molecule has 3 rings (SSSR count). The molecule has 2 aromatic rings. The van der Waals surface area contributed by atoms with Crippen LogP contribution in [0.4, 0.5) is 0 Å². The minimum Gasteiger partial charge on any atom is -0.424 e. The Labute approximate surface area is 128 Å². The number of nitrogens with zero attached hydrogens (tertiary/aromatic N) is 3. The van der Waals surface area contributed by atoms with Gasteiger partial charge in [0.15, 0.2) is 0 Å². The molecule has 0 fully saturated rings. The van der Waals surface area contributed by atoms with E-state index in [1.54, 1.807) is 12.4 Å². The van der Waals surface area contributed by atoms with Crippen molar-refractivity contribution in [1.82, 2.24) is 15.2 Å².